The topological polar surface area (TPSA) is 23.6 Å². The van der Waals surface area contributed by atoms with Crippen molar-refractivity contribution in [2.75, 3.05) is 18.0 Å². The number of rotatable bonds is 0. The van der Waals surface area contributed by atoms with Crippen LogP contribution in [0.1, 0.15) is 37.2 Å². The summed E-state index contributed by atoms with van der Waals surface area (Å²) >= 11 is 0. The number of hydrogen-bond donors (Lipinski definition) is 0. The molecule has 2 unspecified atom stereocenters. The van der Waals surface area contributed by atoms with Crippen LogP contribution in [0.4, 0.5) is 5.69 Å². The lowest BCUT2D eigenvalue weighted by molar-refractivity contribution is -0.119. The van der Waals surface area contributed by atoms with Crippen LogP contribution >= 0.6 is 0 Å². The van der Waals surface area contributed by atoms with Crippen LogP contribution in [0.5, 0.6) is 0 Å². The first-order valence-corrected chi connectivity index (χ1v) is 8.63. The van der Waals surface area contributed by atoms with E-state index in [-0.39, 0.29) is 11.1 Å². The quantitative estimate of drug-likeness (QED) is 0.687. The van der Waals surface area contributed by atoms with Crippen molar-refractivity contribution in [3.8, 4) is 0 Å². The number of para-hydroxylation sites is 1. The Bertz CT molecular complexity index is 741. The number of hydrogen-bond acceptors (Lipinski definition) is 2. The second kappa shape index (κ2) is 3.48. The van der Waals surface area contributed by atoms with Gasteiger partial charge in [0.25, 0.3) is 0 Å². The number of anilines is 1. The maximum absolute atomic E-state index is 13.1. The van der Waals surface area contributed by atoms with Crippen molar-refractivity contribution >= 4 is 11.6 Å². The molecule has 3 heteroatoms. The van der Waals surface area contributed by atoms with Crippen LogP contribution in [0.3, 0.4) is 0 Å². The van der Waals surface area contributed by atoms with E-state index in [2.05, 4.69) is 46.2 Å². The molecule has 2 bridgehead atoms. The van der Waals surface area contributed by atoms with Gasteiger partial charge in [0.1, 0.15) is 5.66 Å². The molecule has 2 saturated heterocycles. The predicted molar refractivity (Wildman–Crippen MR) is 84.5 cm³/mol. The zero-order valence-electron chi connectivity index (χ0n) is 12.7. The molecule has 1 amide bonds. The first kappa shape index (κ1) is 11.9. The molecule has 0 radical (unpaired) electrons. The summed E-state index contributed by atoms with van der Waals surface area (Å²) in [6.07, 6.45) is 9.14. The van der Waals surface area contributed by atoms with E-state index < -0.39 is 0 Å². The average Bonchev–Trinajstić information content (AvgIpc) is 2.99. The first-order chi connectivity index (χ1) is 10.8. The van der Waals surface area contributed by atoms with Gasteiger partial charge in [0, 0.05) is 36.5 Å². The fourth-order valence-corrected chi connectivity index (χ4v) is 6.75. The highest BCUT2D eigenvalue weighted by Gasteiger charge is 2.75. The summed E-state index contributed by atoms with van der Waals surface area (Å²) in [5.41, 5.74) is 2.66. The van der Waals surface area contributed by atoms with Crippen molar-refractivity contribution in [1.29, 1.82) is 0 Å². The summed E-state index contributed by atoms with van der Waals surface area (Å²) in [4.78, 5) is 17.9. The van der Waals surface area contributed by atoms with Gasteiger partial charge in [0.05, 0.1) is 0 Å². The summed E-state index contributed by atoms with van der Waals surface area (Å²) in [5.74, 6) is 1.60. The van der Waals surface area contributed by atoms with Gasteiger partial charge < -0.3 is 0 Å². The van der Waals surface area contributed by atoms with E-state index in [9.17, 15) is 4.79 Å². The Balaban J connectivity index is 1.74. The Kier molecular flexibility index (Phi) is 1.88. The van der Waals surface area contributed by atoms with Crippen molar-refractivity contribution in [3.63, 3.8) is 0 Å². The van der Waals surface area contributed by atoms with E-state index in [1.54, 1.807) is 0 Å². The molecule has 6 rings (SSSR count). The minimum Gasteiger partial charge on any atom is -0.292 e. The summed E-state index contributed by atoms with van der Waals surface area (Å²) in [7, 11) is 0. The zero-order valence-corrected chi connectivity index (χ0v) is 12.7. The highest BCUT2D eigenvalue weighted by atomic mass is 16.2. The molecule has 1 aromatic rings. The molecular weight excluding hydrogens is 272 g/mol. The highest BCUT2D eigenvalue weighted by Crippen LogP contribution is 2.71. The Hall–Kier alpha value is -1.61. The largest absolute Gasteiger partial charge is 0.292 e. The monoisotopic (exact) mass is 292 g/mol. The van der Waals surface area contributed by atoms with Crippen molar-refractivity contribution in [2.24, 2.45) is 11.3 Å². The van der Waals surface area contributed by atoms with Gasteiger partial charge in [-0.3, -0.25) is 14.6 Å². The molecule has 4 aliphatic heterocycles. The number of fused-ring (bicyclic) bond motifs is 3. The van der Waals surface area contributed by atoms with Crippen LogP contribution in [0.15, 0.2) is 36.4 Å². The molecule has 3 fully saturated rings. The molecule has 1 spiro atoms. The van der Waals surface area contributed by atoms with Gasteiger partial charge in [-0.15, -0.1) is 0 Å². The third-order valence-electron chi connectivity index (χ3n) is 7.23. The normalized spacial score (nSPS) is 44.2. The van der Waals surface area contributed by atoms with Crippen molar-refractivity contribution in [1.82, 2.24) is 4.90 Å². The van der Waals surface area contributed by atoms with Gasteiger partial charge in [0.2, 0.25) is 5.91 Å². The van der Waals surface area contributed by atoms with Crippen LogP contribution in [0.25, 0.3) is 0 Å². The number of piperidine rings is 1. The van der Waals surface area contributed by atoms with Gasteiger partial charge in [-0.25, -0.2) is 0 Å². The van der Waals surface area contributed by atoms with Gasteiger partial charge >= 0.3 is 0 Å². The number of carbonyl (C=O) groups excluding carboxylic acids is 1. The second-order valence-electron chi connectivity index (χ2n) is 7.74. The van der Waals surface area contributed by atoms with E-state index in [0.717, 1.165) is 13.1 Å². The van der Waals surface area contributed by atoms with Crippen LogP contribution < -0.4 is 4.90 Å². The molecule has 3 nitrogen and oxygen atoms in total. The average molecular weight is 292 g/mol. The van der Waals surface area contributed by atoms with Crippen molar-refractivity contribution in [2.45, 2.75) is 37.3 Å². The van der Waals surface area contributed by atoms with Crippen LogP contribution in [0.2, 0.25) is 0 Å². The van der Waals surface area contributed by atoms with Crippen molar-refractivity contribution < 1.29 is 4.79 Å². The summed E-state index contributed by atoms with van der Waals surface area (Å²) < 4.78 is 0. The van der Waals surface area contributed by atoms with Crippen molar-refractivity contribution in [3.05, 3.63) is 42.0 Å². The molecule has 0 aromatic heterocycles. The maximum atomic E-state index is 13.1. The molecule has 0 N–H and O–H groups in total. The minimum atomic E-state index is -0.0455. The van der Waals surface area contributed by atoms with Gasteiger partial charge in [-0.05, 0) is 36.8 Å². The van der Waals surface area contributed by atoms with E-state index in [1.807, 2.05) is 0 Å². The fraction of sp³-hybridized carbons (Fsp3) is 0.526. The lowest BCUT2D eigenvalue weighted by atomic mass is 9.63. The third kappa shape index (κ3) is 0.978. The van der Waals surface area contributed by atoms with Gasteiger partial charge in [0.15, 0.2) is 0 Å². The van der Waals surface area contributed by atoms with Gasteiger partial charge in [-0.2, -0.15) is 0 Å². The molecule has 4 heterocycles. The number of benzene rings is 1. The fourth-order valence-electron chi connectivity index (χ4n) is 6.75. The first-order valence-electron chi connectivity index (χ1n) is 8.63. The summed E-state index contributed by atoms with van der Waals surface area (Å²) in [6.45, 7) is 2.14. The predicted octanol–water partition coefficient (Wildman–Crippen LogP) is 2.89. The Morgan fingerprint density at radius 2 is 2.09 bits per heavy atom. The minimum absolute atomic E-state index is 0.0455. The molecule has 5 aliphatic rings. The molecular formula is C19H20N2O. The molecule has 1 aromatic carbocycles. The summed E-state index contributed by atoms with van der Waals surface area (Å²) in [6, 6.07) is 8.70. The highest BCUT2D eigenvalue weighted by molar-refractivity contribution is 6.01. The Morgan fingerprint density at radius 1 is 1.18 bits per heavy atom. The molecule has 112 valence electrons. The lowest BCUT2D eigenvalue weighted by Gasteiger charge is -2.63. The molecule has 4 atom stereocenters. The molecule has 1 saturated carbocycles. The van der Waals surface area contributed by atoms with E-state index in [0.29, 0.717) is 24.2 Å². The van der Waals surface area contributed by atoms with E-state index >= 15 is 0 Å². The zero-order chi connectivity index (χ0) is 14.5. The molecule has 22 heavy (non-hydrogen) atoms. The number of nitrogens with zero attached hydrogens (tertiary/aromatic N) is 2. The van der Waals surface area contributed by atoms with Crippen LogP contribution in [-0.4, -0.2) is 29.6 Å². The van der Waals surface area contributed by atoms with E-state index in [4.69, 9.17) is 0 Å². The smallest absolute Gasteiger partial charge is 0.229 e. The number of carbonyl (C=O) groups is 1. The maximum Gasteiger partial charge on any atom is 0.229 e. The lowest BCUT2D eigenvalue weighted by Crippen LogP contribution is -2.72. The van der Waals surface area contributed by atoms with Gasteiger partial charge in [-0.1, -0.05) is 30.4 Å². The van der Waals surface area contributed by atoms with Crippen LogP contribution in [0, 0.1) is 11.3 Å². The summed E-state index contributed by atoms with van der Waals surface area (Å²) in [5, 5.41) is 0. The standard InChI is InChI=1S/C19H20N2O/c22-17-12-18-8-3-10-20-11-7-13-14-4-1-2-5-16(14)21(17)19(18,20)15(13)6-9-18/h1-5,8,13,15H,6-7,9-12H2/t13-,15+,18?,19?/m0/s1. The Labute approximate surface area is 130 Å². The third-order valence-corrected chi connectivity index (χ3v) is 7.23. The SMILES string of the molecule is O=C1CC23C=CCN4CC[C@H]5c6ccccc6N1C42[C@@H]5CC3. The number of amides is 1. The Morgan fingerprint density at radius 3 is 3.05 bits per heavy atom. The van der Waals surface area contributed by atoms with E-state index in [1.165, 1.54) is 30.5 Å². The second-order valence-corrected chi connectivity index (χ2v) is 7.74. The molecule has 1 aliphatic carbocycles. The van der Waals surface area contributed by atoms with Crippen LogP contribution in [-0.2, 0) is 4.79 Å².